The van der Waals surface area contributed by atoms with Crippen molar-refractivity contribution in [3.8, 4) is 22.4 Å². The summed E-state index contributed by atoms with van der Waals surface area (Å²) in [6.45, 7) is 1.70. The quantitative estimate of drug-likeness (QED) is 0.104. The Labute approximate surface area is 392 Å². The molecule has 2 aromatic heterocycles. The monoisotopic (exact) mass is 914 g/mol. The van der Waals surface area contributed by atoms with Crippen molar-refractivity contribution in [2.24, 2.45) is 11.8 Å². The molecule has 0 radical (unpaired) electrons. The molecular formula is C53H54N8O7. The number of benzene rings is 5. The summed E-state index contributed by atoms with van der Waals surface area (Å²) < 4.78 is 15.4. The molecule has 348 valence electrons. The molecule has 68 heavy (non-hydrogen) atoms. The first kappa shape index (κ1) is 43.3. The predicted octanol–water partition coefficient (Wildman–Crippen LogP) is 8.89. The van der Waals surface area contributed by atoms with Crippen LogP contribution in [0.25, 0.3) is 55.0 Å². The van der Waals surface area contributed by atoms with Crippen LogP contribution < -0.4 is 10.6 Å². The molecule has 15 nitrogen and oxygen atoms in total. The molecule has 0 spiro atoms. The van der Waals surface area contributed by atoms with E-state index < -0.39 is 24.3 Å². The maximum Gasteiger partial charge on any atom is 0.407 e. The van der Waals surface area contributed by atoms with Crippen LogP contribution in [0.2, 0.25) is 0 Å². The zero-order valence-corrected chi connectivity index (χ0v) is 38.1. The summed E-state index contributed by atoms with van der Waals surface area (Å²) in [4.78, 5) is 74.3. The van der Waals surface area contributed by atoms with Gasteiger partial charge < -0.3 is 44.6 Å². The van der Waals surface area contributed by atoms with E-state index in [1.165, 1.54) is 14.2 Å². The molecule has 4 fully saturated rings. The number of piperidine rings is 1. The molecule has 5 heterocycles. The minimum atomic E-state index is -0.879. The molecule has 0 unspecified atom stereocenters. The smallest absolute Gasteiger partial charge is 0.407 e. The van der Waals surface area contributed by atoms with Gasteiger partial charge >= 0.3 is 12.2 Å². The predicted molar refractivity (Wildman–Crippen MR) is 256 cm³/mol. The highest BCUT2D eigenvalue weighted by atomic mass is 16.5. The van der Waals surface area contributed by atoms with Gasteiger partial charge in [0.15, 0.2) is 0 Å². The number of fused-ring (bicyclic) bond motifs is 6. The molecule has 15 heteroatoms. The van der Waals surface area contributed by atoms with Gasteiger partial charge in [0.2, 0.25) is 5.91 Å². The number of methoxy groups -OCH3 is 2. The second kappa shape index (κ2) is 18.1. The molecule has 4 amide bonds. The summed E-state index contributed by atoms with van der Waals surface area (Å²) in [7, 11) is 2.62. The van der Waals surface area contributed by atoms with Crippen molar-refractivity contribution >= 4 is 56.6 Å². The van der Waals surface area contributed by atoms with E-state index in [0.29, 0.717) is 38.2 Å². The van der Waals surface area contributed by atoms with Gasteiger partial charge in [-0.3, -0.25) is 9.59 Å². The van der Waals surface area contributed by atoms with Crippen LogP contribution in [0.15, 0.2) is 103 Å². The number of hydrogen-bond donors (Lipinski definition) is 4. The molecule has 2 bridgehead atoms. The first-order valence-corrected chi connectivity index (χ1v) is 23.7. The zero-order valence-electron chi connectivity index (χ0n) is 38.1. The van der Waals surface area contributed by atoms with Crippen molar-refractivity contribution in [1.29, 1.82) is 0 Å². The number of alkyl carbamates (subject to hydrolysis) is 2. The normalized spacial score (nSPS) is 21.3. The number of carbonyl (C=O) groups is 4. The van der Waals surface area contributed by atoms with Gasteiger partial charge in [-0.05, 0) is 114 Å². The first-order chi connectivity index (χ1) is 33.2. The second-order valence-corrected chi connectivity index (χ2v) is 18.6. The van der Waals surface area contributed by atoms with Gasteiger partial charge in [-0.2, -0.15) is 0 Å². The Bertz CT molecular complexity index is 3050. The van der Waals surface area contributed by atoms with E-state index in [2.05, 4.69) is 81.3 Å². The number of nitrogens with zero attached hydrogens (tertiary/aromatic N) is 4. The van der Waals surface area contributed by atoms with Crippen molar-refractivity contribution in [2.75, 3.05) is 34.0 Å². The summed E-state index contributed by atoms with van der Waals surface area (Å²) in [5.41, 5.74) is 6.52. The standard InChI is InChI=1S/C53H54N8O7/c1-66-52(64)58-44(31-20-23-68-24-21-31)50(62)60-22-6-9-43(60)48-55-41-19-16-36-26-35(15-18-40(36)46(41)57-48)32-10-11-34-27-37(13-12-33(34)25-32)42-29-54-49(56-42)47-38-14-17-39(28-38)61(47)51(63)45(59-53(65)67-2)30-7-4-3-5-8-30/h3-5,7-8,10-13,15-16,18-19,25-27,29,31,38-39,43-45,47H,6,9,14,17,20-24,28H2,1-2H3,(H,54,56)(H,55,57)(H,58,64)(H,59,65)/t38-,39+,43-,44-,45+,47-/m0/s1. The number of carbonyl (C=O) groups excluding carboxylic acids is 4. The first-order valence-electron chi connectivity index (χ1n) is 23.7. The van der Waals surface area contributed by atoms with Gasteiger partial charge in [0, 0.05) is 36.8 Å². The largest absolute Gasteiger partial charge is 0.453 e. The van der Waals surface area contributed by atoms with Crippen molar-refractivity contribution in [2.45, 2.75) is 75.2 Å². The number of nitrogens with one attached hydrogen (secondary N) is 4. The Morgan fingerprint density at radius 1 is 0.735 bits per heavy atom. The van der Waals surface area contributed by atoms with Crippen molar-refractivity contribution < 1.29 is 33.4 Å². The molecule has 4 aliphatic rings. The summed E-state index contributed by atoms with van der Waals surface area (Å²) >= 11 is 0. The van der Waals surface area contributed by atoms with E-state index in [1.54, 1.807) is 0 Å². The third kappa shape index (κ3) is 7.97. The average Bonchev–Trinajstić information content (AvgIpc) is 4.26. The molecule has 3 saturated heterocycles. The van der Waals surface area contributed by atoms with Crippen LogP contribution in [-0.2, 0) is 23.8 Å². The number of likely N-dealkylation sites (tertiary alicyclic amines) is 2. The van der Waals surface area contributed by atoms with Crippen LogP contribution in [-0.4, -0.2) is 99.8 Å². The van der Waals surface area contributed by atoms with Crippen LogP contribution >= 0.6 is 0 Å². The summed E-state index contributed by atoms with van der Waals surface area (Å²) in [5, 5.41) is 9.93. The fourth-order valence-electron chi connectivity index (χ4n) is 11.4. The molecule has 1 aliphatic carbocycles. The molecular weight excluding hydrogens is 861 g/mol. The van der Waals surface area contributed by atoms with Crippen molar-refractivity contribution in [3.05, 3.63) is 120 Å². The molecule has 3 aliphatic heterocycles. The number of amides is 4. The second-order valence-electron chi connectivity index (χ2n) is 18.6. The molecule has 6 atom stereocenters. The van der Waals surface area contributed by atoms with Crippen LogP contribution in [0.5, 0.6) is 0 Å². The number of H-pyrrole nitrogens is 2. The van der Waals surface area contributed by atoms with Gasteiger partial charge in [-0.25, -0.2) is 19.6 Å². The average molecular weight is 915 g/mol. The van der Waals surface area contributed by atoms with E-state index in [-0.39, 0.29) is 41.8 Å². The maximum atomic E-state index is 14.4. The molecule has 5 aromatic carbocycles. The lowest BCUT2D eigenvalue weighted by molar-refractivity contribution is -0.138. The van der Waals surface area contributed by atoms with Crippen LogP contribution in [0.3, 0.4) is 0 Å². The minimum absolute atomic E-state index is 0.0358. The Balaban J connectivity index is 0.818. The van der Waals surface area contributed by atoms with Gasteiger partial charge in [-0.1, -0.05) is 72.8 Å². The Morgan fingerprint density at radius 2 is 1.44 bits per heavy atom. The van der Waals surface area contributed by atoms with Gasteiger partial charge in [-0.15, -0.1) is 0 Å². The van der Waals surface area contributed by atoms with Gasteiger partial charge in [0.05, 0.1) is 49.2 Å². The number of rotatable bonds is 10. The molecule has 4 N–H and O–H groups in total. The third-order valence-electron chi connectivity index (χ3n) is 14.8. The van der Waals surface area contributed by atoms with E-state index in [1.807, 2.05) is 52.4 Å². The Morgan fingerprint density at radius 3 is 2.22 bits per heavy atom. The third-order valence-corrected chi connectivity index (χ3v) is 14.8. The Kier molecular flexibility index (Phi) is 11.5. The highest BCUT2D eigenvalue weighted by molar-refractivity contribution is 6.06. The van der Waals surface area contributed by atoms with E-state index >= 15 is 0 Å². The lowest BCUT2D eigenvalue weighted by Crippen LogP contribution is -2.53. The van der Waals surface area contributed by atoms with Crippen LogP contribution in [0.4, 0.5) is 9.59 Å². The Hall–Kier alpha value is -7.26. The van der Waals surface area contributed by atoms with Crippen molar-refractivity contribution in [1.82, 2.24) is 40.4 Å². The summed E-state index contributed by atoms with van der Waals surface area (Å²) in [6, 6.07) is 30.9. The van der Waals surface area contributed by atoms with E-state index in [9.17, 15) is 19.2 Å². The van der Waals surface area contributed by atoms with Crippen molar-refractivity contribution in [3.63, 3.8) is 0 Å². The lowest BCUT2D eigenvalue weighted by Gasteiger charge is -2.36. The summed E-state index contributed by atoms with van der Waals surface area (Å²) in [5.74, 6) is 1.45. The zero-order chi connectivity index (χ0) is 46.5. The topological polar surface area (TPSA) is 184 Å². The number of imidazole rings is 2. The molecule has 7 aromatic rings. The maximum absolute atomic E-state index is 14.4. The number of aromatic amines is 2. The summed E-state index contributed by atoms with van der Waals surface area (Å²) in [6.07, 6.45) is 6.42. The highest BCUT2D eigenvalue weighted by Gasteiger charge is 2.51. The number of ether oxygens (including phenoxy) is 3. The number of aromatic nitrogens is 4. The lowest BCUT2D eigenvalue weighted by atomic mass is 9.90. The van der Waals surface area contributed by atoms with Gasteiger partial charge in [0.25, 0.3) is 5.91 Å². The highest BCUT2D eigenvalue weighted by Crippen LogP contribution is 2.51. The minimum Gasteiger partial charge on any atom is -0.453 e. The van der Waals surface area contributed by atoms with Gasteiger partial charge in [0.1, 0.15) is 23.7 Å². The van der Waals surface area contributed by atoms with Crippen LogP contribution in [0, 0.1) is 11.8 Å². The van der Waals surface area contributed by atoms with E-state index in [0.717, 1.165) is 98.7 Å². The molecule has 11 rings (SSSR count). The fourth-order valence-corrected chi connectivity index (χ4v) is 11.4. The fraction of sp³-hybridized carbons (Fsp3) is 0.358. The van der Waals surface area contributed by atoms with Crippen LogP contribution in [0.1, 0.15) is 80.3 Å². The SMILES string of the molecule is COC(=O)N[C@H](C(=O)N1CCC[C@H]1c1nc2ccc3cc(-c4ccc5cc(-c6cnc([C@@H]7[C@H]8CC[C@H](C8)N7C(=O)[C@H](NC(=O)OC)c7ccccc7)[nH]6)ccc5c4)ccc3c2[nH]1)C1CCOCC1. The molecule has 1 saturated carbocycles. The number of hydrogen-bond acceptors (Lipinski definition) is 9. The van der Waals surface area contributed by atoms with E-state index in [4.69, 9.17) is 24.2 Å².